The molecule has 4 heterocycles. The fourth-order valence-corrected chi connectivity index (χ4v) is 5.27. The first-order valence-electron chi connectivity index (χ1n) is 10.5. The van der Waals surface area contributed by atoms with E-state index in [0.717, 1.165) is 29.6 Å². The topological polar surface area (TPSA) is 58.4 Å². The normalized spacial score (nSPS) is 22.9. The number of rotatable bonds is 3. The Morgan fingerprint density at radius 3 is 2.77 bits per heavy atom. The SMILES string of the molecule is CN(C)C[C@H]1[C@H]2C[C@H](CN(C(=O)c3ccnc4ccccc34)C2)c2cccc(=O)n21. The van der Waals surface area contributed by atoms with Crippen molar-refractivity contribution in [2.45, 2.75) is 18.4 Å². The van der Waals surface area contributed by atoms with Gasteiger partial charge in [-0.15, -0.1) is 0 Å². The number of hydrogen-bond acceptors (Lipinski definition) is 4. The zero-order chi connectivity index (χ0) is 20.8. The average Bonchev–Trinajstić information content (AvgIpc) is 2.75. The number of amides is 1. The average molecular weight is 402 g/mol. The lowest BCUT2D eigenvalue weighted by atomic mass is 9.78. The van der Waals surface area contributed by atoms with E-state index in [0.29, 0.717) is 18.7 Å². The van der Waals surface area contributed by atoms with Gasteiger partial charge in [0.05, 0.1) is 17.1 Å². The van der Waals surface area contributed by atoms with Crippen molar-refractivity contribution < 1.29 is 4.79 Å². The molecular weight excluding hydrogens is 376 g/mol. The molecule has 0 aliphatic carbocycles. The highest BCUT2D eigenvalue weighted by Gasteiger charge is 2.42. The van der Waals surface area contributed by atoms with Gasteiger partial charge in [0.1, 0.15) is 0 Å². The lowest BCUT2D eigenvalue weighted by Gasteiger charge is -2.47. The highest BCUT2D eigenvalue weighted by atomic mass is 16.2. The monoisotopic (exact) mass is 402 g/mol. The predicted molar refractivity (Wildman–Crippen MR) is 117 cm³/mol. The third kappa shape index (κ3) is 3.12. The molecule has 0 radical (unpaired) electrons. The number of nitrogens with zero attached hydrogens (tertiary/aromatic N) is 4. The van der Waals surface area contributed by atoms with E-state index >= 15 is 0 Å². The van der Waals surface area contributed by atoms with Gasteiger partial charge in [0, 0.05) is 48.9 Å². The van der Waals surface area contributed by atoms with Crippen LogP contribution in [0.3, 0.4) is 0 Å². The van der Waals surface area contributed by atoms with E-state index in [9.17, 15) is 9.59 Å². The summed E-state index contributed by atoms with van der Waals surface area (Å²) in [5.41, 5.74) is 2.66. The first-order chi connectivity index (χ1) is 14.5. The second-order valence-electron chi connectivity index (χ2n) is 8.77. The van der Waals surface area contributed by atoms with E-state index < -0.39 is 0 Å². The molecule has 2 aliphatic rings. The van der Waals surface area contributed by atoms with Gasteiger partial charge < -0.3 is 14.4 Å². The summed E-state index contributed by atoms with van der Waals surface area (Å²) in [4.78, 5) is 34.8. The molecule has 3 atom stereocenters. The van der Waals surface area contributed by atoms with Crippen molar-refractivity contribution in [3.05, 3.63) is 76.3 Å². The lowest BCUT2D eigenvalue weighted by molar-refractivity contribution is 0.0500. The quantitative estimate of drug-likeness (QED) is 0.676. The van der Waals surface area contributed by atoms with Crippen molar-refractivity contribution in [1.82, 2.24) is 19.4 Å². The Balaban J connectivity index is 1.53. The van der Waals surface area contributed by atoms with E-state index in [-0.39, 0.29) is 29.3 Å². The summed E-state index contributed by atoms with van der Waals surface area (Å²) >= 11 is 0. The van der Waals surface area contributed by atoms with Crippen molar-refractivity contribution >= 4 is 16.8 Å². The Bertz CT molecular complexity index is 1160. The van der Waals surface area contributed by atoms with Gasteiger partial charge in [0.25, 0.3) is 11.5 Å². The van der Waals surface area contributed by atoms with Gasteiger partial charge in [0.2, 0.25) is 0 Å². The summed E-state index contributed by atoms with van der Waals surface area (Å²) in [7, 11) is 4.07. The minimum Gasteiger partial charge on any atom is -0.338 e. The molecule has 30 heavy (non-hydrogen) atoms. The van der Waals surface area contributed by atoms with Crippen LogP contribution in [0.5, 0.6) is 0 Å². The maximum atomic E-state index is 13.6. The fourth-order valence-electron chi connectivity index (χ4n) is 5.27. The maximum absolute atomic E-state index is 13.6. The molecule has 154 valence electrons. The first kappa shape index (κ1) is 19.0. The van der Waals surface area contributed by atoms with Crippen LogP contribution in [0.4, 0.5) is 0 Å². The zero-order valence-corrected chi connectivity index (χ0v) is 17.4. The summed E-state index contributed by atoms with van der Waals surface area (Å²) in [5.74, 6) is 0.502. The number of likely N-dealkylation sites (tertiary alicyclic amines) is 1. The molecule has 0 saturated carbocycles. The molecule has 2 aliphatic heterocycles. The smallest absolute Gasteiger partial charge is 0.254 e. The largest absolute Gasteiger partial charge is 0.338 e. The van der Waals surface area contributed by atoms with Crippen LogP contribution in [-0.4, -0.2) is 59.0 Å². The minimum atomic E-state index is 0.0543. The Morgan fingerprint density at radius 1 is 1.10 bits per heavy atom. The number of carbonyl (C=O) groups is 1. The van der Waals surface area contributed by atoms with Crippen molar-refractivity contribution in [3.63, 3.8) is 0 Å². The summed E-state index contributed by atoms with van der Waals surface area (Å²) in [6, 6.07) is 15.2. The van der Waals surface area contributed by atoms with Crippen LogP contribution in [0.25, 0.3) is 10.9 Å². The molecule has 0 spiro atoms. The van der Waals surface area contributed by atoms with Crippen LogP contribution in [0, 0.1) is 5.92 Å². The molecule has 6 nitrogen and oxygen atoms in total. The summed E-state index contributed by atoms with van der Waals surface area (Å²) in [6.45, 7) is 2.10. The molecule has 2 aromatic heterocycles. The van der Waals surface area contributed by atoms with E-state index in [4.69, 9.17) is 0 Å². The number of para-hydroxylation sites is 1. The van der Waals surface area contributed by atoms with Gasteiger partial charge in [-0.2, -0.15) is 0 Å². The van der Waals surface area contributed by atoms with Gasteiger partial charge in [-0.25, -0.2) is 0 Å². The molecule has 5 rings (SSSR count). The maximum Gasteiger partial charge on any atom is 0.254 e. The van der Waals surface area contributed by atoms with Crippen LogP contribution < -0.4 is 5.56 Å². The van der Waals surface area contributed by atoms with E-state index in [1.807, 2.05) is 60.0 Å². The highest BCUT2D eigenvalue weighted by molar-refractivity contribution is 6.06. The highest BCUT2D eigenvalue weighted by Crippen LogP contribution is 2.41. The number of pyridine rings is 2. The van der Waals surface area contributed by atoms with Crippen molar-refractivity contribution in [3.8, 4) is 0 Å². The van der Waals surface area contributed by atoms with Crippen LogP contribution in [-0.2, 0) is 0 Å². The molecule has 1 amide bonds. The number of hydrogen-bond donors (Lipinski definition) is 0. The summed E-state index contributed by atoms with van der Waals surface area (Å²) < 4.78 is 1.99. The number of piperidine rings is 1. The van der Waals surface area contributed by atoms with E-state index in [1.165, 1.54) is 0 Å². The Kier molecular flexibility index (Phi) is 4.66. The fraction of sp³-hybridized carbons (Fsp3) is 0.375. The van der Waals surface area contributed by atoms with Gasteiger partial charge in [-0.3, -0.25) is 14.6 Å². The summed E-state index contributed by atoms with van der Waals surface area (Å²) in [5, 5.41) is 0.891. The molecule has 1 saturated heterocycles. The zero-order valence-electron chi connectivity index (χ0n) is 17.4. The van der Waals surface area contributed by atoms with Gasteiger partial charge in [-0.1, -0.05) is 24.3 Å². The van der Waals surface area contributed by atoms with Gasteiger partial charge in [0.15, 0.2) is 0 Å². The first-order valence-corrected chi connectivity index (χ1v) is 10.5. The van der Waals surface area contributed by atoms with Crippen LogP contribution >= 0.6 is 0 Å². The number of likely N-dealkylation sites (N-methyl/N-ethyl adjacent to an activating group) is 1. The predicted octanol–water partition coefficient (Wildman–Crippen LogP) is 2.76. The Morgan fingerprint density at radius 2 is 1.93 bits per heavy atom. The third-order valence-corrected chi connectivity index (χ3v) is 6.52. The summed E-state index contributed by atoms with van der Waals surface area (Å²) in [6.07, 6.45) is 2.73. The number of carbonyl (C=O) groups excluding carboxylic acids is 1. The number of aromatic nitrogens is 2. The number of fused-ring (bicyclic) bond motifs is 5. The lowest BCUT2D eigenvalue weighted by Crippen LogP contribution is -2.52. The third-order valence-electron chi connectivity index (χ3n) is 6.52. The molecule has 3 aromatic rings. The van der Waals surface area contributed by atoms with Gasteiger partial charge in [-0.05, 0) is 44.6 Å². The Labute approximate surface area is 175 Å². The molecule has 0 N–H and O–H groups in total. The molecule has 1 fully saturated rings. The van der Waals surface area contributed by atoms with Crippen molar-refractivity contribution in [1.29, 1.82) is 0 Å². The van der Waals surface area contributed by atoms with E-state index in [2.05, 4.69) is 16.0 Å². The minimum absolute atomic E-state index is 0.0543. The molecule has 2 bridgehead atoms. The Hall–Kier alpha value is -2.99. The molecular formula is C24H26N4O2. The standard InChI is InChI=1S/C24H26N4O2/c1-26(2)15-22-17-12-16(21-8-5-9-23(29)28(21)22)13-27(14-17)24(30)19-10-11-25-20-7-4-3-6-18(19)20/h3-11,16-17,22H,12-15H2,1-2H3/t16-,17+,22+/m1/s1. The molecule has 0 unspecified atom stereocenters. The van der Waals surface area contributed by atoms with Crippen LogP contribution in [0.2, 0.25) is 0 Å². The van der Waals surface area contributed by atoms with Crippen molar-refractivity contribution in [2.24, 2.45) is 5.92 Å². The van der Waals surface area contributed by atoms with E-state index in [1.54, 1.807) is 12.3 Å². The molecule has 1 aromatic carbocycles. The van der Waals surface area contributed by atoms with Crippen LogP contribution in [0.1, 0.15) is 34.4 Å². The van der Waals surface area contributed by atoms with Gasteiger partial charge >= 0.3 is 0 Å². The molecule has 6 heteroatoms. The second-order valence-corrected chi connectivity index (χ2v) is 8.77. The van der Waals surface area contributed by atoms with Crippen molar-refractivity contribution in [2.75, 3.05) is 33.7 Å². The second kappa shape index (κ2) is 7.36. The number of benzene rings is 1. The van der Waals surface area contributed by atoms with Crippen LogP contribution in [0.15, 0.2) is 59.5 Å².